The Labute approximate surface area is 137 Å². The zero-order valence-corrected chi connectivity index (χ0v) is 13.3. The second kappa shape index (κ2) is 6.93. The minimum Gasteiger partial charge on any atom is -0.506 e. The Morgan fingerprint density at radius 1 is 1.17 bits per heavy atom. The molecular formula is C15H14F2N2O4S. The molecule has 3 N–H and O–H groups in total. The number of phenols is 1. The van der Waals surface area contributed by atoms with Crippen LogP contribution in [0.3, 0.4) is 0 Å². The monoisotopic (exact) mass is 356 g/mol. The first-order chi connectivity index (χ1) is 11.2. The van der Waals surface area contributed by atoms with E-state index in [1.54, 1.807) is 17.7 Å². The number of anilines is 1. The summed E-state index contributed by atoms with van der Waals surface area (Å²) in [6.07, 6.45) is 0. The topological polar surface area (TPSA) is 95.5 Å². The van der Waals surface area contributed by atoms with Gasteiger partial charge in [-0.1, -0.05) is 12.1 Å². The summed E-state index contributed by atoms with van der Waals surface area (Å²) >= 11 is 0. The normalized spacial score (nSPS) is 11.3. The van der Waals surface area contributed by atoms with Crippen LogP contribution in [0.1, 0.15) is 5.56 Å². The summed E-state index contributed by atoms with van der Waals surface area (Å²) < 4.78 is 52.7. The van der Waals surface area contributed by atoms with Gasteiger partial charge in [-0.25, -0.2) is 21.9 Å². The van der Waals surface area contributed by atoms with Crippen LogP contribution < -0.4 is 10.0 Å². The number of halogens is 2. The molecule has 0 aromatic heterocycles. The van der Waals surface area contributed by atoms with Crippen molar-refractivity contribution in [3.8, 4) is 5.75 Å². The summed E-state index contributed by atoms with van der Waals surface area (Å²) in [5.74, 6) is -3.53. The number of amides is 1. The highest BCUT2D eigenvalue weighted by molar-refractivity contribution is 7.89. The van der Waals surface area contributed by atoms with E-state index in [1.165, 1.54) is 12.1 Å². The lowest BCUT2D eigenvalue weighted by atomic mass is 10.2. The van der Waals surface area contributed by atoms with Crippen LogP contribution in [0.25, 0.3) is 0 Å². The lowest BCUT2D eigenvalue weighted by Crippen LogP contribution is -2.33. The Morgan fingerprint density at radius 2 is 1.79 bits per heavy atom. The molecule has 2 aromatic rings. The number of aromatic hydroxyl groups is 1. The average Bonchev–Trinajstić information content (AvgIpc) is 2.48. The quantitative estimate of drug-likeness (QED) is 0.713. The minimum absolute atomic E-state index is 0.0851. The van der Waals surface area contributed by atoms with Gasteiger partial charge in [-0.15, -0.1) is 0 Å². The molecule has 128 valence electrons. The molecule has 1 amide bonds. The van der Waals surface area contributed by atoms with E-state index in [1.807, 2.05) is 0 Å². The molecule has 0 radical (unpaired) electrons. The fraction of sp³-hybridized carbons (Fsp3) is 0.133. The zero-order chi connectivity index (χ0) is 17.9. The Kier molecular flexibility index (Phi) is 5.15. The van der Waals surface area contributed by atoms with Gasteiger partial charge in [0.25, 0.3) is 0 Å². The van der Waals surface area contributed by atoms with E-state index < -0.39 is 39.0 Å². The number of aryl methyl sites for hydroxylation is 1. The third-order valence-corrected chi connectivity index (χ3v) is 4.49. The van der Waals surface area contributed by atoms with E-state index in [2.05, 4.69) is 5.32 Å². The SMILES string of the molecule is Cc1ccc(NC(=O)CNS(=O)(=O)c2c(F)cccc2F)c(O)c1. The van der Waals surface area contributed by atoms with Crippen LogP contribution in [0.15, 0.2) is 41.3 Å². The molecule has 2 rings (SSSR count). The van der Waals surface area contributed by atoms with Gasteiger partial charge in [-0.2, -0.15) is 0 Å². The van der Waals surface area contributed by atoms with Crippen molar-refractivity contribution in [2.24, 2.45) is 0 Å². The Morgan fingerprint density at radius 3 is 2.38 bits per heavy atom. The maximum atomic E-state index is 13.5. The van der Waals surface area contributed by atoms with Crippen LogP contribution in [-0.4, -0.2) is 26.0 Å². The standard InChI is InChI=1S/C15H14F2N2O4S/c1-9-5-6-12(13(20)7-9)19-14(21)8-18-24(22,23)15-10(16)3-2-4-11(15)17/h2-7,18,20H,8H2,1H3,(H,19,21). The lowest BCUT2D eigenvalue weighted by Gasteiger charge is -2.10. The predicted molar refractivity (Wildman–Crippen MR) is 83.0 cm³/mol. The molecular weight excluding hydrogens is 342 g/mol. The van der Waals surface area contributed by atoms with Crippen molar-refractivity contribution in [3.63, 3.8) is 0 Å². The molecule has 0 atom stereocenters. The molecule has 0 aliphatic carbocycles. The number of hydrogen-bond acceptors (Lipinski definition) is 4. The van der Waals surface area contributed by atoms with Crippen LogP contribution in [0, 0.1) is 18.6 Å². The molecule has 0 fully saturated rings. The number of carbonyl (C=O) groups is 1. The molecule has 2 aromatic carbocycles. The van der Waals surface area contributed by atoms with Crippen molar-refractivity contribution in [1.29, 1.82) is 0 Å². The van der Waals surface area contributed by atoms with Crippen molar-refractivity contribution >= 4 is 21.6 Å². The Bertz CT molecular complexity index is 865. The smallest absolute Gasteiger partial charge is 0.246 e. The fourth-order valence-corrected chi connectivity index (χ4v) is 3.03. The molecule has 0 heterocycles. The van der Waals surface area contributed by atoms with Crippen molar-refractivity contribution in [2.45, 2.75) is 11.8 Å². The lowest BCUT2D eigenvalue weighted by molar-refractivity contribution is -0.115. The van der Waals surface area contributed by atoms with Crippen molar-refractivity contribution in [2.75, 3.05) is 11.9 Å². The summed E-state index contributed by atoms with van der Waals surface area (Å²) in [4.78, 5) is 10.6. The summed E-state index contributed by atoms with van der Waals surface area (Å²) in [5.41, 5.74) is 0.850. The van der Waals surface area contributed by atoms with Gasteiger partial charge >= 0.3 is 0 Å². The highest BCUT2D eigenvalue weighted by Crippen LogP contribution is 2.23. The van der Waals surface area contributed by atoms with Gasteiger partial charge in [0.1, 0.15) is 17.4 Å². The molecule has 6 nitrogen and oxygen atoms in total. The molecule has 0 spiro atoms. The first-order valence-electron chi connectivity index (χ1n) is 6.74. The summed E-state index contributed by atoms with van der Waals surface area (Å²) in [6, 6.07) is 7.09. The van der Waals surface area contributed by atoms with E-state index in [-0.39, 0.29) is 11.4 Å². The zero-order valence-electron chi connectivity index (χ0n) is 12.5. The van der Waals surface area contributed by atoms with Crippen molar-refractivity contribution < 1.29 is 27.1 Å². The molecule has 0 unspecified atom stereocenters. The number of benzene rings is 2. The molecule has 24 heavy (non-hydrogen) atoms. The Hall–Kier alpha value is -2.52. The number of sulfonamides is 1. The van der Waals surface area contributed by atoms with Crippen molar-refractivity contribution in [3.05, 3.63) is 53.6 Å². The fourth-order valence-electron chi connectivity index (χ4n) is 1.91. The summed E-state index contributed by atoms with van der Waals surface area (Å²) in [5, 5.41) is 12.0. The van der Waals surface area contributed by atoms with Gasteiger partial charge in [0.2, 0.25) is 15.9 Å². The van der Waals surface area contributed by atoms with E-state index in [4.69, 9.17) is 0 Å². The summed E-state index contributed by atoms with van der Waals surface area (Å²) in [6.45, 7) is 0.978. The van der Waals surface area contributed by atoms with E-state index in [0.717, 1.165) is 23.8 Å². The average molecular weight is 356 g/mol. The Balaban J connectivity index is 2.08. The van der Waals surface area contributed by atoms with Gasteiger partial charge in [0, 0.05) is 0 Å². The molecule has 0 bridgehead atoms. The highest BCUT2D eigenvalue weighted by atomic mass is 32.2. The van der Waals surface area contributed by atoms with Gasteiger partial charge < -0.3 is 10.4 Å². The number of carbonyl (C=O) groups excluding carboxylic acids is 1. The second-order valence-electron chi connectivity index (χ2n) is 4.94. The maximum absolute atomic E-state index is 13.5. The number of rotatable bonds is 5. The first kappa shape index (κ1) is 17.8. The van der Waals surface area contributed by atoms with Gasteiger partial charge in [-0.05, 0) is 36.8 Å². The maximum Gasteiger partial charge on any atom is 0.246 e. The van der Waals surface area contributed by atoms with Crippen LogP contribution in [0.5, 0.6) is 5.75 Å². The number of phenolic OH excluding ortho intramolecular Hbond substituents is 1. The largest absolute Gasteiger partial charge is 0.506 e. The van der Waals surface area contributed by atoms with Gasteiger partial charge in [-0.3, -0.25) is 4.79 Å². The molecule has 0 aliphatic heterocycles. The number of hydrogen-bond donors (Lipinski definition) is 3. The first-order valence-corrected chi connectivity index (χ1v) is 8.22. The van der Waals surface area contributed by atoms with E-state index in [9.17, 15) is 27.1 Å². The van der Waals surface area contributed by atoms with Crippen LogP contribution in [-0.2, 0) is 14.8 Å². The van der Waals surface area contributed by atoms with E-state index in [0.29, 0.717) is 0 Å². The predicted octanol–water partition coefficient (Wildman–Crippen LogP) is 1.90. The third-order valence-electron chi connectivity index (χ3n) is 3.04. The third kappa shape index (κ3) is 4.06. The van der Waals surface area contributed by atoms with Crippen molar-refractivity contribution in [1.82, 2.24) is 4.72 Å². The minimum atomic E-state index is -4.55. The van der Waals surface area contributed by atoms with Gasteiger partial charge in [0.05, 0.1) is 12.2 Å². The van der Waals surface area contributed by atoms with Gasteiger partial charge in [0.15, 0.2) is 4.90 Å². The van der Waals surface area contributed by atoms with Crippen LogP contribution >= 0.6 is 0 Å². The molecule has 0 saturated heterocycles. The van der Waals surface area contributed by atoms with E-state index >= 15 is 0 Å². The highest BCUT2D eigenvalue weighted by Gasteiger charge is 2.24. The second-order valence-corrected chi connectivity index (χ2v) is 6.65. The van der Waals surface area contributed by atoms with Crippen LogP contribution in [0.2, 0.25) is 0 Å². The summed E-state index contributed by atoms with van der Waals surface area (Å²) in [7, 11) is -4.55. The molecule has 0 saturated carbocycles. The molecule has 0 aliphatic rings. The number of nitrogens with one attached hydrogen (secondary N) is 2. The van der Waals surface area contributed by atoms with Crippen LogP contribution in [0.4, 0.5) is 14.5 Å². The molecule has 9 heteroatoms.